The van der Waals surface area contributed by atoms with Crippen molar-refractivity contribution in [3.05, 3.63) is 58.5 Å². The molecule has 2 aromatic heterocycles. The second-order valence-corrected chi connectivity index (χ2v) is 10.1. The van der Waals surface area contributed by atoms with E-state index >= 15 is 0 Å². The quantitative estimate of drug-likeness (QED) is 0.146. The fourth-order valence-electron chi connectivity index (χ4n) is 3.80. The van der Waals surface area contributed by atoms with Crippen LogP contribution in [0.4, 0.5) is 5.13 Å². The Morgan fingerprint density at radius 2 is 2.10 bits per heavy atom. The highest BCUT2D eigenvalue weighted by Gasteiger charge is 2.54. The van der Waals surface area contributed by atoms with Gasteiger partial charge in [-0.2, -0.15) is 0 Å². The molecule has 2 aromatic rings. The van der Waals surface area contributed by atoms with Gasteiger partial charge in [-0.25, -0.2) is 9.78 Å². The van der Waals surface area contributed by atoms with Gasteiger partial charge in [-0.15, -0.1) is 23.1 Å². The molecule has 1 unspecified atom stereocenters. The summed E-state index contributed by atoms with van der Waals surface area (Å²) in [5, 5.41) is 7.56. The SMILES string of the molecule is CO/N=C(\C(=O)N[C@@H]1C(=O)N2C(C(=O)OC(C)OC(C)=O)=C(/C=C/c3cccnc3)CS[C@H]12)c1csc(N)n1. The molecular weight excluding hydrogens is 548 g/mol. The number of allylic oxidation sites excluding steroid dienone is 1. The molecule has 13 nitrogen and oxygen atoms in total. The number of fused-ring (bicyclic) bond motifs is 1. The molecule has 4 heterocycles. The van der Waals surface area contributed by atoms with Gasteiger partial charge in [-0.3, -0.25) is 24.3 Å². The van der Waals surface area contributed by atoms with Crippen molar-refractivity contribution < 1.29 is 33.5 Å². The van der Waals surface area contributed by atoms with E-state index in [9.17, 15) is 19.2 Å². The van der Waals surface area contributed by atoms with Crippen LogP contribution in [0.15, 0.2) is 52.4 Å². The van der Waals surface area contributed by atoms with E-state index in [0.29, 0.717) is 11.3 Å². The molecule has 1 fully saturated rings. The van der Waals surface area contributed by atoms with Crippen LogP contribution < -0.4 is 11.1 Å². The molecule has 2 aliphatic rings. The number of carbonyl (C=O) groups excluding carboxylic acids is 4. The minimum Gasteiger partial charge on any atom is -0.426 e. The van der Waals surface area contributed by atoms with E-state index in [-0.39, 0.29) is 22.2 Å². The number of rotatable bonds is 9. The van der Waals surface area contributed by atoms with Crippen LogP contribution in [0, 0.1) is 0 Å². The zero-order valence-electron chi connectivity index (χ0n) is 21.0. The molecule has 0 aliphatic carbocycles. The lowest BCUT2D eigenvalue weighted by Crippen LogP contribution is -2.71. The van der Waals surface area contributed by atoms with Gasteiger partial charge < -0.3 is 25.4 Å². The summed E-state index contributed by atoms with van der Waals surface area (Å²) < 4.78 is 10.2. The van der Waals surface area contributed by atoms with Crippen LogP contribution in [0.1, 0.15) is 25.1 Å². The molecular formula is C24H24N6O7S2. The number of pyridine rings is 1. The van der Waals surface area contributed by atoms with Gasteiger partial charge in [0.05, 0.1) is 0 Å². The number of amides is 2. The predicted molar refractivity (Wildman–Crippen MR) is 143 cm³/mol. The molecule has 0 spiro atoms. The Balaban J connectivity index is 1.58. The highest BCUT2D eigenvalue weighted by molar-refractivity contribution is 8.00. The Kier molecular flexibility index (Phi) is 8.61. The lowest BCUT2D eigenvalue weighted by Gasteiger charge is -2.49. The fraction of sp³-hybridized carbons (Fsp3) is 0.292. The van der Waals surface area contributed by atoms with Crippen LogP contribution in [-0.4, -0.2) is 74.9 Å². The molecule has 0 radical (unpaired) electrons. The molecule has 0 aromatic carbocycles. The summed E-state index contributed by atoms with van der Waals surface area (Å²) in [6, 6.07) is 2.64. The molecule has 3 atom stereocenters. The molecule has 2 amide bonds. The highest BCUT2D eigenvalue weighted by atomic mass is 32.2. The predicted octanol–water partition coefficient (Wildman–Crippen LogP) is 1.29. The molecule has 4 rings (SSSR count). The van der Waals surface area contributed by atoms with Gasteiger partial charge in [0.2, 0.25) is 6.29 Å². The van der Waals surface area contributed by atoms with Gasteiger partial charge in [0.25, 0.3) is 11.8 Å². The highest BCUT2D eigenvalue weighted by Crippen LogP contribution is 2.41. The first-order valence-electron chi connectivity index (χ1n) is 11.5. The molecule has 0 bridgehead atoms. The van der Waals surface area contributed by atoms with Crippen molar-refractivity contribution in [2.75, 3.05) is 18.6 Å². The van der Waals surface area contributed by atoms with Gasteiger partial charge in [-0.05, 0) is 17.2 Å². The van der Waals surface area contributed by atoms with Gasteiger partial charge in [0.15, 0.2) is 10.8 Å². The van der Waals surface area contributed by atoms with Crippen LogP contribution in [0.25, 0.3) is 6.08 Å². The van der Waals surface area contributed by atoms with Crippen molar-refractivity contribution in [3.63, 3.8) is 0 Å². The fourth-order valence-corrected chi connectivity index (χ4v) is 5.66. The summed E-state index contributed by atoms with van der Waals surface area (Å²) in [7, 11) is 1.27. The standard InChI is InChI=1S/C24H24N6O7S2/c1-12(31)36-13(2)37-23(34)19-15(7-6-14-5-4-8-26-9-14)10-38-22-18(21(33)30(19)22)28-20(32)17(29-35-3)16-11-39-24(25)27-16/h4-9,11,13,18,22H,10H2,1-3H3,(H2,25,27)(H,28,32)/b7-6+,29-17-/t13?,18-,22-/m1/s1. The molecule has 2 aliphatic heterocycles. The Labute approximate surface area is 231 Å². The first kappa shape index (κ1) is 27.8. The van der Waals surface area contributed by atoms with Crippen molar-refractivity contribution in [3.8, 4) is 0 Å². The third-order valence-electron chi connectivity index (χ3n) is 5.41. The molecule has 39 heavy (non-hydrogen) atoms. The monoisotopic (exact) mass is 572 g/mol. The number of aromatic nitrogens is 2. The molecule has 1 saturated heterocycles. The lowest BCUT2D eigenvalue weighted by molar-refractivity contribution is -0.182. The minimum absolute atomic E-state index is 0.00792. The van der Waals surface area contributed by atoms with Crippen molar-refractivity contribution in [2.45, 2.75) is 31.6 Å². The van der Waals surface area contributed by atoms with E-state index in [1.807, 2.05) is 6.07 Å². The maximum absolute atomic E-state index is 13.3. The Hall–Kier alpha value is -4.24. The second-order valence-electron chi connectivity index (χ2n) is 8.13. The number of nitrogen functional groups attached to an aromatic ring is 1. The number of esters is 2. The average molecular weight is 573 g/mol. The third-order valence-corrected chi connectivity index (χ3v) is 7.38. The van der Waals surface area contributed by atoms with Gasteiger partial charge in [-0.1, -0.05) is 23.4 Å². The van der Waals surface area contributed by atoms with Gasteiger partial charge in [0.1, 0.15) is 29.9 Å². The average Bonchev–Trinajstić information content (AvgIpc) is 3.34. The Bertz CT molecular complexity index is 1370. The maximum atomic E-state index is 13.3. The first-order chi connectivity index (χ1) is 18.7. The number of β-lactam (4-membered cyclic amide) rings is 1. The van der Waals surface area contributed by atoms with Crippen molar-refractivity contribution in [1.29, 1.82) is 0 Å². The van der Waals surface area contributed by atoms with E-state index in [2.05, 4.69) is 20.4 Å². The summed E-state index contributed by atoms with van der Waals surface area (Å²) >= 11 is 2.47. The van der Waals surface area contributed by atoms with E-state index in [0.717, 1.165) is 16.9 Å². The smallest absolute Gasteiger partial charge is 0.358 e. The number of nitrogens with zero attached hydrogens (tertiary/aromatic N) is 4. The lowest BCUT2D eigenvalue weighted by atomic mass is 10.0. The number of anilines is 1. The summed E-state index contributed by atoms with van der Waals surface area (Å²) in [6.07, 6.45) is 5.55. The molecule has 3 N–H and O–H groups in total. The van der Waals surface area contributed by atoms with Crippen molar-refractivity contribution >= 4 is 63.8 Å². The number of hydrogen-bond donors (Lipinski definition) is 2. The molecule has 15 heteroatoms. The first-order valence-corrected chi connectivity index (χ1v) is 13.4. The normalized spacial score (nSPS) is 19.7. The van der Waals surface area contributed by atoms with Crippen LogP contribution in [0.3, 0.4) is 0 Å². The van der Waals surface area contributed by atoms with Gasteiger partial charge >= 0.3 is 11.9 Å². The van der Waals surface area contributed by atoms with E-state index < -0.39 is 41.5 Å². The van der Waals surface area contributed by atoms with Crippen molar-refractivity contribution in [2.24, 2.45) is 5.16 Å². The number of carbonyl (C=O) groups is 4. The van der Waals surface area contributed by atoms with Crippen LogP contribution in [0.5, 0.6) is 0 Å². The van der Waals surface area contributed by atoms with Crippen LogP contribution in [-0.2, 0) is 33.5 Å². The number of thiazole rings is 1. The van der Waals surface area contributed by atoms with Crippen molar-refractivity contribution in [1.82, 2.24) is 20.2 Å². The number of ether oxygens (including phenoxy) is 2. The zero-order valence-corrected chi connectivity index (χ0v) is 22.7. The zero-order chi connectivity index (χ0) is 28.1. The van der Waals surface area contributed by atoms with Crippen LogP contribution >= 0.6 is 23.1 Å². The van der Waals surface area contributed by atoms with E-state index in [1.165, 1.54) is 37.6 Å². The number of thioether (sulfide) groups is 1. The minimum atomic E-state index is -1.18. The van der Waals surface area contributed by atoms with E-state index in [1.54, 1.807) is 36.0 Å². The molecule has 0 saturated carbocycles. The topological polar surface area (TPSA) is 175 Å². The third kappa shape index (κ3) is 6.26. The maximum Gasteiger partial charge on any atom is 0.358 e. The van der Waals surface area contributed by atoms with Crippen LogP contribution in [0.2, 0.25) is 0 Å². The second kappa shape index (κ2) is 12.1. The Morgan fingerprint density at radius 1 is 1.31 bits per heavy atom. The number of oxime groups is 1. The molecule has 204 valence electrons. The summed E-state index contributed by atoms with van der Waals surface area (Å²) in [5.74, 6) is -2.38. The Morgan fingerprint density at radius 3 is 2.74 bits per heavy atom. The number of hydrogen-bond acceptors (Lipinski definition) is 13. The van der Waals surface area contributed by atoms with Gasteiger partial charge in [0, 0.05) is 37.4 Å². The summed E-state index contributed by atoms with van der Waals surface area (Å²) in [4.78, 5) is 64.9. The summed E-state index contributed by atoms with van der Waals surface area (Å²) in [6.45, 7) is 2.58. The summed E-state index contributed by atoms with van der Waals surface area (Å²) in [5.41, 5.74) is 7.00. The number of nitrogens with one attached hydrogen (secondary N) is 1. The van der Waals surface area contributed by atoms with E-state index in [4.69, 9.17) is 20.0 Å². The number of nitrogens with two attached hydrogens (primary N) is 1. The largest absolute Gasteiger partial charge is 0.426 e.